The fourth-order valence-corrected chi connectivity index (χ4v) is 3.81. The molecule has 0 saturated carbocycles. The van der Waals surface area contributed by atoms with Gasteiger partial charge < -0.3 is 10.6 Å². The van der Waals surface area contributed by atoms with Crippen LogP contribution in [0.15, 0.2) is 35.7 Å². The number of hydrogen-bond acceptors (Lipinski definition) is 4. The average Bonchev–Trinajstić information content (AvgIpc) is 3.18. The molecule has 8 heteroatoms. The Balaban J connectivity index is 1.61. The van der Waals surface area contributed by atoms with Gasteiger partial charge in [-0.3, -0.25) is 0 Å². The third kappa shape index (κ3) is 3.77. The third-order valence-corrected chi connectivity index (χ3v) is 5.41. The molecule has 2 heterocycles. The molecule has 3 rings (SSSR count). The lowest BCUT2D eigenvalue weighted by Gasteiger charge is -2.07. The number of aryl methyl sites for hydroxylation is 1. The number of hydrogen-bond donors (Lipinski definition) is 2. The molecule has 2 aromatic heterocycles. The number of nitrogens with zero attached hydrogens (tertiary/aromatic N) is 1. The number of amides is 2. The number of nitrogens with one attached hydrogen (secondary N) is 2. The molecule has 3 aromatic rings. The summed E-state index contributed by atoms with van der Waals surface area (Å²) in [5.41, 5.74) is 1.04. The van der Waals surface area contributed by atoms with Gasteiger partial charge >= 0.3 is 6.03 Å². The number of urea groups is 1. The fourth-order valence-electron chi connectivity index (χ4n) is 2.01. The number of thiophene rings is 1. The zero-order valence-electron chi connectivity index (χ0n) is 12.6. The minimum atomic E-state index is -1.01. The highest BCUT2D eigenvalue weighted by molar-refractivity contribution is 7.21. The molecular weight excluding hydrogens is 352 g/mol. The van der Waals surface area contributed by atoms with E-state index in [1.54, 1.807) is 11.3 Å². The summed E-state index contributed by atoms with van der Waals surface area (Å²) in [4.78, 5) is 18.4. The van der Waals surface area contributed by atoms with Crippen LogP contribution in [-0.4, -0.2) is 11.0 Å². The van der Waals surface area contributed by atoms with E-state index in [4.69, 9.17) is 0 Å². The molecule has 0 atom stereocenters. The first-order valence-electron chi connectivity index (χ1n) is 7.03. The van der Waals surface area contributed by atoms with Gasteiger partial charge in [0.25, 0.3) is 0 Å². The molecule has 0 fully saturated rings. The first-order valence-corrected chi connectivity index (χ1v) is 8.72. The van der Waals surface area contributed by atoms with Crippen LogP contribution in [0.4, 0.5) is 19.3 Å². The van der Waals surface area contributed by atoms with Crippen molar-refractivity contribution < 1.29 is 13.6 Å². The second-order valence-corrected chi connectivity index (χ2v) is 6.97. The summed E-state index contributed by atoms with van der Waals surface area (Å²) >= 11 is 3.13. The van der Waals surface area contributed by atoms with Crippen LogP contribution in [0.5, 0.6) is 0 Å². The predicted octanol–water partition coefficient (Wildman–Crippen LogP) is 4.78. The number of thiazole rings is 1. The van der Waals surface area contributed by atoms with Crippen LogP contribution < -0.4 is 10.6 Å². The summed E-state index contributed by atoms with van der Waals surface area (Å²) in [5, 5.41) is 8.05. The van der Waals surface area contributed by atoms with Crippen LogP contribution >= 0.6 is 22.7 Å². The van der Waals surface area contributed by atoms with Crippen molar-refractivity contribution in [3.63, 3.8) is 0 Å². The average molecular weight is 365 g/mol. The predicted molar refractivity (Wildman–Crippen MR) is 92.4 cm³/mol. The van der Waals surface area contributed by atoms with Crippen molar-refractivity contribution in [3.8, 4) is 9.88 Å². The van der Waals surface area contributed by atoms with E-state index in [0.29, 0.717) is 6.54 Å². The molecule has 0 aliphatic carbocycles. The molecule has 0 aliphatic heterocycles. The summed E-state index contributed by atoms with van der Waals surface area (Å²) in [6.45, 7) is 2.20. The Kier molecular flexibility index (Phi) is 4.86. The van der Waals surface area contributed by atoms with E-state index in [0.717, 1.165) is 32.6 Å². The molecule has 0 radical (unpaired) electrons. The van der Waals surface area contributed by atoms with Crippen LogP contribution in [0.1, 0.15) is 10.6 Å². The number of halogens is 2. The van der Waals surface area contributed by atoms with Gasteiger partial charge in [-0.25, -0.2) is 18.6 Å². The van der Waals surface area contributed by atoms with Crippen LogP contribution in [0, 0.1) is 18.6 Å². The van der Waals surface area contributed by atoms with Gasteiger partial charge in [-0.2, -0.15) is 0 Å². The van der Waals surface area contributed by atoms with Gasteiger partial charge in [-0.05, 0) is 30.5 Å². The van der Waals surface area contributed by atoms with Gasteiger partial charge in [-0.15, -0.1) is 22.7 Å². The Labute approximate surface area is 145 Å². The van der Waals surface area contributed by atoms with E-state index in [2.05, 4.69) is 15.6 Å². The largest absolute Gasteiger partial charge is 0.333 e. The van der Waals surface area contributed by atoms with Gasteiger partial charge in [0.15, 0.2) is 11.6 Å². The second kappa shape index (κ2) is 7.06. The van der Waals surface area contributed by atoms with E-state index in [1.165, 1.54) is 17.4 Å². The molecule has 4 nitrogen and oxygen atoms in total. The van der Waals surface area contributed by atoms with Crippen molar-refractivity contribution >= 4 is 34.4 Å². The maximum atomic E-state index is 13.1. The summed E-state index contributed by atoms with van der Waals surface area (Å²) in [6.07, 6.45) is 0. The molecule has 0 saturated heterocycles. The van der Waals surface area contributed by atoms with Crippen molar-refractivity contribution in [2.45, 2.75) is 13.5 Å². The van der Waals surface area contributed by atoms with Crippen molar-refractivity contribution in [3.05, 3.63) is 57.9 Å². The van der Waals surface area contributed by atoms with E-state index in [1.807, 2.05) is 24.4 Å². The molecule has 0 unspecified atom stereocenters. The van der Waals surface area contributed by atoms with E-state index in [-0.39, 0.29) is 5.69 Å². The molecule has 1 aromatic carbocycles. The maximum Gasteiger partial charge on any atom is 0.319 e. The van der Waals surface area contributed by atoms with E-state index in [9.17, 15) is 13.6 Å². The molecule has 2 N–H and O–H groups in total. The lowest BCUT2D eigenvalue weighted by atomic mass is 10.3. The summed E-state index contributed by atoms with van der Waals surface area (Å²) in [6, 6.07) is 6.66. The third-order valence-electron chi connectivity index (χ3n) is 3.21. The van der Waals surface area contributed by atoms with Crippen molar-refractivity contribution in [2.24, 2.45) is 0 Å². The quantitative estimate of drug-likeness (QED) is 0.699. The Bertz CT molecular complexity index is 862. The minimum absolute atomic E-state index is 0.187. The highest BCUT2D eigenvalue weighted by Crippen LogP contribution is 2.30. The van der Waals surface area contributed by atoms with Crippen molar-refractivity contribution in [2.75, 3.05) is 5.32 Å². The molecule has 2 amide bonds. The molecule has 124 valence electrons. The Hall–Kier alpha value is -2.32. The Morgan fingerprint density at radius 1 is 1.25 bits per heavy atom. The summed E-state index contributed by atoms with van der Waals surface area (Å²) in [5.74, 6) is -1.96. The topological polar surface area (TPSA) is 54.0 Å². The molecular formula is C16H13F2N3OS2. The zero-order chi connectivity index (χ0) is 17.1. The highest BCUT2D eigenvalue weighted by Gasteiger charge is 2.12. The first-order chi connectivity index (χ1) is 11.5. The number of rotatable bonds is 4. The number of carbonyl (C=O) groups excluding carboxylic acids is 1. The summed E-state index contributed by atoms with van der Waals surface area (Å²) in [7, 11) is 0. The molecule has 24 heavy (non-hydrogen) atoms. The van der Waals surface area contributed by atoms with Crippen LogP contribution in [0.25, 0.3) is 9.88 Å². The maximum absolute atomic E-state index is 13.1. The van der Waals surface area contributed by atoms with Gasteiger partial charge in [0, 0.05) is 16.6 Å². The number of anilines is 1. The lowest BCUT2D eigenvalue weighted by Crippen LogP contribution is -2.28. The molecule has 0 spiro atoms. The monoisotopic (exact) mass is 365 g/mol. The fraction of sp³-hybridized carbons (Fsp3) is 0.125. The SMILES string of the molecule is Cc1nc(-c2cccs2)sc1CNC(=O)Nc1ccc(F)c(F)c1. The highest BCUT2D eigenvalue weighted by atomic mass is 32.1. The number of carbonyl (C=O) groups is 1. The van der Waals surface area contributed by atoms with Crippen LogP contribution in [0.3, 0.4) is 0 Å². The normalized spacial score (nSPS) is 10.6. The van der Waals surface area contributed by atoms with Gasteiger partial charge in [0.2, 0.25) is 0 Å². The number of aromatic nitrogens is 1. The smallest absolute Gasteiger partial charge is 0.319 e. The standard InChI is InChI=1S/C16H13F2N3OS2/c1-9-14(24-15(20-9)13-3-2-6-23-13)8-19-16(22)21-10-4-5-11(17)12(18)7-10/h2-7H,8H2,1H3,(H2,19,21,22). The van der Waals surface area contributed by atoms with Crippen LogP contribution in [0.2, 0.25) is 0 Å². The van der Waals surface area contributed by atoms with Gasteiger partial charge in [-0.1, -0.05) is 6.07 Å². The number of benzene rings is 1. The molecule has 0 bridgehead atoms. The Morgan fingerprint density at radius 2 is 2.08 bits per heavy atom. The van der Waals surface area contributed by atoms with Gasteiger partial charge in [0.05, 0.1) is 17.1 Å². The second-order valence-electron chi connectivity index (χ2n) is 4.94. The van der Waals surface area contributed by atoms with E-state index >= 15 is 0 Å². The van der Waals surface area contributed by atoms with Gasteiger partial charge in [0.1, 0.15) is 5.01 Å². The summed E-state index contributed by atoms with van der Waals surface area (Å²) < 4.78 is 26.0. The Morgan fingerprint density at radius 3 is 2.79 bits per heavy atom. The van der Waals surface area contributed by atoms with Crippen LogP contribution in [-0.2, 0) is 6.54 Å². The van der Waals surface area contributed by atoms with Crippen molar-refractivity contribution in [1.82, 2.24) is 10.3 Å². The van der Waals surface area contributed by atoms with E-state index < -0.39 is 17.7 Å². The molecule has 0 aliphatic rings. The van der Waals surface area contributed by atoms with Crippen molar-refractivity contribution in [1.29, 1.82) is 0 Å². The first kappa shape index (κ1) is 16.5. The lowest BCUT2D eigenvalue weighted by molar-refractivity contribution is 0.252. The zero-order valence-corrected chi connectivity index (χ0v) is 14.2. The minimum Gasteiger partial charge on any atom is -0.333 e.